The van der Waals surface area contributed by atoms with Gasteiger partial charge in [-0.1, -0.05) is 30.2 Å². The van der Waals surface area contributed by atoms with Crippen LogP contribution in [0.1, 0.15) is 25.7 Å². The molecule has 1 atom stereocenters. The molecule has 4 rings (SSSR count). The van der Waals surface area contributed by atoms with Crippen molar-refractivity contribution in [1.82, 2.24) is 14.1 Å². The number of carbonyl (C=O) groups is 1. The van der Waals surface area contributed by atoms with Gasteiger partial charge in [0.2, 0.25) is 15.9 Å². The van der Waals surface area contributed by atoms with Gasteiger partial charge in [-0.25, -0.2) is 8.42 Å². The van der Waals surface area contributed by atoms with Crippen molar-refractivity contribution in [2.24, 2.45) is 0 Å². The van der Waals surface area contributed by atoms with Crippen molar-refractivity contribution in [2.45, 2.75) is 36.6 Å². The summed E-state index contributed by atoms with van der Waals surface area (Å²) in [5.74, 6) is 0.936. The van der Waals surface area contributed by atoms with Crippen molar-refractivity contribution in [3.63, 3.8) is 0 Å². The number of hydrogen-bond donors (Lipinski definition) is 0. The van der Waals surface area contributed by atoms with Crippen molar-refractivity contribution in [2.75, 3.05) is 39.8 Å². The lowest BCUT2D eigenvalue weighted by Crippen LogP contribution is -2.51. The molecule has 188 valence electrons. The number of piperidine rings is 1. The Morgan fingerprint density at radius 2 is 1.60 bits per heavy atom. The fourth-order valence-corrected chi connectivity index (χ4v) is 6.17. The van der Waals surface area contributed by atoms with E-state index in [9.17, 15) is 13.2 Å². The fourth-order valence-electron chi connectivity index (χ4n) is 4.46. The van der Waals surface area contributed by atoms with E-state index in [1.54, 1.807) is 48.3 Å². The number of hydrogen-bond acceptors (Lipinski definition) is 5. The number of carbonyl (C=O) groups excluding carboxylic acids is 1. The van der Waals surface area contributed by atoms with E-state index in [0.29, 0.717) is 36.0 Å². The Hall–Kier alpha value is -2.39. The molecule has 0 spiro atoms. The molecule has 2 aliphatic rings. The van der Waals surface area contributed by atoms with Gasteiger partial charge in [-0.05, 0) is 80.9 Å². The number of amides is 1. The molecule has 2 aliphatic heterocycles. The third-order valence-corrected chi connectivity index (χ3v) is 8.65. The lowest BCUT2D eigenvalue weighted by Gasteiger charge is -2.34. The molecule has 1 saturated heterocycles. The summed E-state index contributed by atoms with van der Waals surface area (Å²) in [4.78, 5) is 17.1. The highest BCUT2D eigenvalue weighted by Gasteiger charge is 2.37. The van der Waals surface area contributed by atoms with Crippen molar-refractivity contribution >= 4 is 27.5 Å². The van der Waals surface area contributed by atoms with Crippen LogP contribution in [0, 0.1) is 0 Å². The van der Waals surface area contributed by atoms with E-state index < -0.39 is 16.1 Å². The normalized spacial score (nSPS) is 19.7. The van der Waals surface area contributed by atoms with Gasteiger partial charge < -0.3 is 14.5 Å². The highest BCUT2D eigenvalue weighted by molar-refractivity contribution is 7.89. The SMILES string of the molecule is CN1CC=CC[C@@H](N(CCN2CCCCC2)S(=O)(=O)c2ccc(Oc3ccc(Cl)cc3)cc2)C1=O. The number of likely N-dealkylation sites (N-methyl/N-ethyl adjacent to an activating group) is 1. The predicted octanol–water partition coefficient (Wildman–Crippen LogP) is 4.40. The molecule has 7 nitrogen and oxygen atoms in total. The van der Waals surface area contributed by atoms with Crippen LogP contribution < -0.4 is 4.74 Å². The van der Waals surface area contributed by atoms with E-state index in [4.69, 9.17) is 16.3 Å². The second-order valence-corrected chi connectivity index (χ2v) is 11.3. The molecule has 0 N–H and O–H groups in total. The van der Waals surface area contributed by atoms with E-state index in [-0.39, 0.29) is 17.3 Å². The number of rotatable bonds is 8. The number of sulfonamides is 1. The van der Waals surface area contributed by atoms with Crippen LogP contribution >= 0.6 is 11.6 Å². The lowest BCUT2D eigenvalue weighted by atomic mass is 10.1. The van der Waals surface area contributed by atoms with Crippen molar-refractivity contribution in [3.8, 4) is 11.5 Å². The van der Waals surface area contributed by atoms with Crippen LogP contribution in [-0.4, -0.2) is 74.2 Å². The van der Waals surface area contributed by atoms with E-state index in [1.807, 2.05) is 12.2 Å². The van der Waals surface area contributed by atoms with Gasteiger partial charge >= 0.3 is 0 Å². The second kappa shape index (κ2) is 11.6. The summed E-state index contributed by atoms with van der Waals surface area (Å²) in [5.41, 5.74) is 0. The van der Waals surface area contributed by atoms with Gasteiger partial charge in [-0.15, -0.1) is 0 Å². The van der Waals surface area contributed by atoms with E-state index >= 15 is 0 Å². The summed E-state index contributed by atoms with van der Waals surface area (Å²) in [6.07, 6.45) is 7.62. The Balaban J connectivity index is 1.57. The Morgan fingerprint density at radius 1 is 0.971 bits per heavy atom. The molecule has 2 aromatic rings. The predicted molar refractivity (Wildman–Crippen MR) is 137 cm³/mol. The molecule has 0 radical (unpaired) electrons. The summed E-state index contributed by atoms with van der Waals surface area (Å²) in [7, 11) is -2.21. The topological polar surface area (TPSA) is 70.2 Å². The largest absolute Gasteiger partial charge is 0.457 e. The molecule has 9 heteroatoms. The quantitative estimate of drug-likeness (QED) is 0.485. The van der Waals surface area contributed by atoms with E-state index in [2.05, 4.69) is 4.90 Å². The summed E-state index contributed by atoms with van der Waals surface area (Å²) >= 11 is 5.92. The molecule has 0 saturated carbocycles. The third-order valence-electron chi connectivity index (χ3n) is 6.48. The zero-order valence-corrected chi connectivity index (χ0v) is 21.5. The van der Waals surface area contributed by atoms with E-state index in [0.717, 1.165) is 25.9 Å². The molecule has 1 fully saturated rings. The molecule has 0 aliphatic carbocycles. The average Bonchev–Trinajstić information content (AvgIpc) is 3.02. The highest BCUT2D eigenvalue weighted by Crippen LogP contribution is 2.27. The molecule has 0 unspecified atom stereocenters. The molecule has 2 aromatic carbocycles. The van der Waals surface area contributed by atoms with Gasteiger partial charge in [-0.3, -0.25) is 4.79 Å². The van der Waals surface area contributed by atoms with Gasteiger partial charge in [0.15, 0.2) is 0 Å². The van der Waals surface area contributed by atoms with Crippen LogP contribution in [0.15, 0.2) is 65.6 Å². The summed E-state index contributed by atoms with van der Waals surface area (Å²) < 4.78 is 34.9. The summed E-state index contributed by atoms with van der Waals surface area (Å²) in [6, 6.07) is 12.5. The zero-order chi connectivity index (χ0) is 24.8. The van der Waals surface area contributed by atoms with Gasteiger partial charge in [0.1, 0.15) is 17.5 Å². The fraction of sp³-hybridized carbons (Fsp3) is 0.423. The summed E-state index contributed by atoms with van der Waals surface area (Å²) in [5, 5.41) is 0.608. The maximum atomic E-state index is 13.8. The molecule has 1 amide bonds. The lowest BCUT2D eigenvalue weighted by molar-refractivity contribution is -0.133. The van der Waals surface area contributed by atoms with Crippen LogP contribution in [-0.2, 0) is 14.8 Å². The maximum absolute atomic E-state index is 13.8. The Morgan fingerprint density at radius 3 is 2.26 bits per heavy atom. The van der Waals surface area contributed by atoms with Crippen molar-refractivity contribution in [1.29, 1.82) is 0 Å². The van der Waals surface area contributed by atoms with Crippen molar-refractivity contribution in [3.05, 3.63) is 65.7 Å². The minimum absolute atomic E-state index is 0.142. The molecule has 0 bridgehead atoms. The number of nitrogens with zero attached hydrogens (tertiary/aromatic N) is 3. The first kappa shape index (κ1) is 25.7. The van der Waals surface area contributed by atoms with Gasteiger partial charge in [-0.2, -0.15) is 4.31 Å². The Kier molecular flexibility index (Phi) is 8.49. The molecular formula is C26H32ClN3O4S. The zero-order valence-electron chi connectivity index (χ0n) is 20.0. The average molecular weight is 518 g/mol. The molecule has 35 heavy (non-hydrogen) atoms. The second-order valence-electron chi connectivity index (χ2n) is 8.99. The standard InChI is InChI=1S/C26H32ClN3O4S/c1-28-16-6-3-7-25(26(28)31)30(20-19-29-17-4-2-5-18-29)35(32,33)24-14-12-23(13-15-24)34-22-10-8-21(27)9-11-22/h3,6,8-15,25H,2,4-5,7,16-20H2,1H3/t25-/m1/s1. The Bertz CT molecular complexity index is 1130. The van der Waals surface area contributed by atoms with Gasteiger partial charge in [0, 0.05) is 31.7 Å². The number of halogens is 1. The minimum atomic E-state index is -3.92. The van der Waals surface area contributed by atoms with Crippen LogP contribution in [0.2, 0.25) is 5.02 Å². The Labute approximate surface area is 213 Å². The van der Waals surface area contributed by atoms with Gasteiger partial charge in [0.05, 0.1) is 4.90 Å². The van der Waals surface area contributed by atoms with Crippen LogP contribution in [0.25, 0.3) is 0 Å². The number of likely N-dealkylation sites (tertiary alicyclic amines) is 1. The number of benzene rings is 2. The van der Waals surface area contributed by atoms with Crippen LogP contribution in [0.3, 0.4) is 0 Å². The van der Waals surface area contributed by atoms with E-state index in [1.165, 1.54) is 22.9 Å². The van der Waals surface area contributed by atoms with Gasteiger partial charge in [0.25, 0.3) is 0 Å². The van der Waals surface area contributed by atoms with Crippen molar-refractivity contribution < 1.29 is 17.9 Å². The monoisotopic (exact) mass is 517 g/mol. The number of ether oxygens (including phenoxy) is 1. The van der Waals surface area contributed by atoms with Crippen LogP contribution in [0.5, 0.6) is 11.5 Å². The first-order valence-electron chi connectivity index (χ1n) is 12.0. The smallest absolute Gasteiger partial charge is 0.243 e. The van der Waals surface area contributed by atoms with Crippen LogP contribution in [0.4, 0.5) is 0 Å². The first-order valence-corrected chi connectivity index (χ1v) is 13.8. The molecule has 0 aromatic heterocycles. The minimum Gasteiger partial charge on any atom is -0.457 e. The summed E-state index contributed by atoms with van der Waals surface area (Å²) in [6.45, 7) is 3.27. The maximum Gasteiger partial charge on any atom is 0.243 e. The highest BCUT2D eigenvalue weighted by atomic mass is 35.5. The third kappa shape index (κ3) is 6.44. The molecular weight excluding hydrogens is 486 g/mol. The first-order chi connectivity index (χ1) is 16.8. The molecule has 2 heterocycles.